The van der Waals surface area contributed by atoms with E-state index in [2.05, 4.69) is 41.5 Å². The highest BCUT2D eigenvalue weighted by Crippen LogP contribution is 2.64. The summed E-state index contributed by atoms with van der Waals surface area (Å²) in [5.74, 6) is 0.734. The Morgan fingerprint density at radius 2 is 1.36 bits per heavy atom. The van der Waals surface area contributed by atoms with Crippen molar-refractivity contribution in [3.8, 4) is 0 Å². The molecule has 0 aromatic heterocycles. The lowest BCUT2D eigenvalue weighted by Gasteiger charge is -2.32. The highest BCUT2D eigenvalue weighted by molar-refractivity contribution is 6.51. The van der Waals surface area contributed by atoms with Crippen LogP contribution in [0.5, 0.6) is 0 Å². The maximum absolute atomic E-state index is 6.04. The zero-order valence-electron chi connectivity index (χ0n) is 10.2. The molecular weight excluding hydrogens is 175 g/mol. The van der Waals surface area contributed by atoms with Crippen molar-refractivity contribution in [2.45, 2.75) is 64.5 Å². The first-order valence-corrected chi connectivity index (χ1v) is 5.55. The molecule has 1 saturated carbocycles. The van der Waals surface area contributed by atoms with Gasteiger partial charge in [-0.1, -0.05) is 13.8 Å². The Kier molecular flexibility index (Phi) is 1.92. The number of rotatable bonds is 1. The maximum atomic E-state index is 6.04. The molecule has 0 N–H and O–H groups in total. The average Bonchev–Trinajstić information content (AvgIpc) is 2.50. The topological polar surface area (TPSA) is 18.5 Å². The van der Waals surface area contributed by atoms with Crippen LogP contribution in [-0.2, 0) is 9.31 Å². The van der Waals surface area contributed by atoms with E-state index < -0.39 is 0 Å². The van der Waals surface area contributed by atoms with Crippen LogP contribution < -0.4 is 0 Å². The largest absolute Gasteiger partial charge is 0.464 e. The van der Waals surface area contributed by atoms with Crippen LogP contribution in [0, 0.1) is 5.92 Å². The fraction of sp³-hybridized carbons (Fsp3) is 1.00. The van der Waals surface area contributed by atoms with E-state index in [1.54, 1.807) is 0 Å². The Morgan fingerprint density at radius 1 is 1.00 bits per heavy atom. The Hall–Kier alpha value is -0.0151. The lowest BCUT2D eigenvalue weighted by Crippen LogP contribution is -2.41. The molecule has 0 radical (unpaired) electrons. The summed E-state index contributed by atoms with van der Waals surface area (Å²) in [6.07, 6.45) is 1.23. The van der Waals surface area contributed by atoms with Crippen LogP contribution in [0.4, 0.5) is 0 Å². The summed E-state index contributed by atoms with van der Waals surface area (Å²) < 4.78 is 12.1. The molecule has 2 nitrogen and oxygen atoms in total. The smallest absolute Gasteiger partial charge is 0.403 e. The van der Waals surface area contributed by atoms with Crippen LogP contribution in [0.1, 0.15) is 48.0 Å². The van der Waals surface area contributed by atoms with Gasteiger partial charge in [0.2, 0.25) is 0 Å². The SMILES string of the molecule is C[C@@H]1C[C@]1(C)B1OC(C)(C)C(C)(C)O1. The lowest BCUT2D eigenvalue weighted by atomic mass is 9.68. The Balaban J connectivity index is 2.15. The second-order valence-electron chi connectivity index (χ2n) is 6.20. The molecule has 0 aromatic carbocycles. The zero-order valence-corrected chi connectivity index (χ0v) is 10.2. The van der Waals surface area contributed by atoms with Crippen molar-refractivity contribution in [2.75, 3.05) is 0 Å². The Morgan fingerprint density at radius 3 is 1.64 bits per heavy atom. The predicted octanol–water partition coefficient (Wildman–Crippen LogP) is 2.88. The van der Waals surface area contributed by atoms with Crippen molar-refractivity contribution in [1.82, 2.24) is 0 Å². The van der Waals surface area contributed by atoms with E-state index >= 15 is 0 Å². The normalized spacial score (nSPS) is 44.1. The molecule has 2 atom stereocenters. The maximum Gasteiger partial charge on any atom is 0.464 e. The summed E-state index contributed by atoms with van der Waals surface area (Å²) in [6, 6.07) is 0. The van der Waals surface area contributed by atoms with E-state index in [1.165, 1.54) is 6.42 Å². The van der Waals surface area contributed by atoms with Gasteiger partial charge in [-0.25, -0.2) is 0 Å². The molecule has 1 aliphatic heterocycles. The third kappa shape index (κ3) is 1.25. The Labute approximate surface area is 87.5 Å². The van der Waals surface area contributed by atoms with Gasteiger partial charge < -0.3 is 9.31 Å². The summed E-state index contributed by atoms with van der Waals surface area (Å²) >= 11 is 0. The fourth-order valence-corrected chi connectivity index (χ4v) is 2.04. The van der Waals surface area contributed by atoms with Crippen molar-refractivity contribution in [3.63, 3.8) is 0 Å². The van der Waals surface area contributed by atoms with E-state index in [0.29, 0.717) is 0 Å². The molecule has 0 spiro atoms. The molecule has 0 amide bonds. The second kappa shape index (κ2) is 2.56. The standard InChI is InChI=1S/C11H21BO2/c1-8-7-11(8,6)12-13-9(2,3)10(4,5)14-12/h8H,7H2,1-6H3/t8-,11+/m1/s1. The molecule has 0 unspecified atom stereocenters. The molecule has 14 heavy (non-hydrogen) atoms. The Bertz CT molecular complexity index is 246. The summed E-state index contributed by atoms with van der Waals surface area (Å²) in [5, 5.41) is 0.255. The predicted molar refractivity (Wildman–Crippen MR) is 58.2 cm³/mol. The third-order valence-corrected chi connectivity index (χ3v) is 4.50. The van der Waals surface area contributed by atoms with Crippen LogP contribution in [0.3, 0.4) is 0 Å². The second-order valence-corrected chi connectivity index (χ2v) is 6.20. The summed E-state index contributed by atoms with van der Waals surface area (Å²) in [7, 11) is -0.0116. The van der Waals surface area contributed by atoms with Crippen LogP contribution in [-0.4, -0.2) is 18.3 Å². The molecule has 2 fully saturated rings. The number of hydrogen-bond donors (Lipinski definition) is 0. The average molecular weight is 196 g/mol. The van der Waals surface area contributed by atoms with Crippen LogP contribution in [0.15, 0.2) is 0 Å². The van der Waals surface area contributed by atoms with Crippen LogP contribution in [0.25, 0.3) is 0 Å². The van der Waals surface area contributed by atoms with Crippen molar-refractivity contribution in [1.29, 1.82) is 0 Å². The van der Waals surface area contributed by atoms with Gasteiger partial charge in [0.25, 0.3) is 0 Å². The highest BCUT2D eigenvalue weighted by Gasteiger charge is 2.65. The minimum Gasteiger partial charge on any atom is -0.403 e. The minimum atomic E-state index is -0.178. The van der Waals surface area contributed by atoms with Crippen LogP contribution in [0.2, 0.25) is 5.31 Å². The van der Waals surface area contributed by atoms with Gasteiger partial charge >= 0.3 is 7.12 Å². The van der Waals surface area contributed by atoms with E-state index in [9.17, 15) is 0 Å². The van der Waals surface area contributed by atoms with Gasteiger partial charge in [-0.05, 0) is 40.0 Å². The molecule has 1 aliphatic carbocycles. The highest BCUT2D eigenvalue weighted by atomic mass is 16.7. The molecule has 1 heterocycles. The van der Waals surface area contributed by atoms with E-state index in [-0.39, 0.29) is 23.6 Å². The zero-order chi connectivity index (χ0) is 10.8. The van der Waals surface area contributed by atoms with Gasteiger partial charge in [-0.15, -0.1) is 0 Å². The monoisotopic (exact) mass is 196 g/mol. The van der Waals surface area contributed by atoms with Crippen molar-refractivity contribution < 1.29 is 9.31 Å². The van der Waals surface area contributed by atoms with Gasteiger partial charge in [0, 0.05) is 5.31 Å². The van der Waals surface area contributed by atoms with E-state index in [1.807, 2.05) is 0 Å². The van der Waals surface area contributed by atoms with E-state index in [4.69, 9.17) is 9.31 Å². The molecule has 1 saturated heterocycles. The van der Waals surface area contributed by atoms with Crippen molar-refractivity contribution in [3.05, 3.63) is 0 Å². The van der Waals surface area contributed by atoms with Gasteiger partial charge in [-0.2, -0.15) is 0 Å². The first-order valence-electron chi connectivity index (χ1n) is 5.55. The molecule has 2 aliphatic rings. The lowest BCUT2D eigenvalue weighted by molar-refractivity contribution is 0.00578. The molecule has 2 rings (SSSR count). The fourth-order valence-electron chi connectivity index (χ4n) is 2.04. The molecule has 0 aromatic rings. The molecule has 3 heteroatoms. The van der Waals surface area contributed by atoms with Crippen LogP contribution >= 0.6 is 0 Å². The number of hydrogen-bond acceptors (Lipinski definition) is 2. The van der Waals surface area contributed by atoms with Gasteiger partial charge in [-0.3, -0.25) is 0 Å². The van der Waals surface area contributed by atoms with Crippen molar-refractivity contribution >= 4 is 7.12 Å². The van der Waals surface area contributed by atoms with Gasteiger partial charge in [0.15, 0.2) is 0 Å². The summed E-state index contributed by atoms with van der Waals surface area (Å²) in [5.41, 5.74) is -0.355. The van der Waals surface area contributed by atoms with E-state index in [0.717, 1.165) is 5.92 Å². The summed E-state index contributed by atoms with van der Waals surface area (Å²) in [6.45, 7) is 13.0. The first-order chi connectivity index (χ1) is 6.19. The summed E-state index contributed by atoms with van der Waals surface area (Å²) in [4.78, 5) is 0. The van der Waals surface area contributed by atoms with Gasteiger partial charge in [0.05, 0.1) is 11.2 Å². The molecule has 0 bridgehead atoms. The molecule has 80 valence electrons. The van der Waals surface area contributed by atoms with Gasteiger partial charge in [0.1, 0.15) is 0 Å². The quantitative estimate of drug-likeness (QED) is 0.600. The minimum absolute atomic E-state index is 0.0116. The molecular formula is C11H21BO2. The third-order valence-electron chi connectivity index (χ3n) is 4.50. The first kappa shape index (κ1) is 10.5. The van der Waals surface area contributed by atoms with Crippen molar-refractivity contribution in [2.24, 2.45) is 5.92 Å².